The number of halogens is 4. The summed E-state index contributed by atoms with van der Waals surface area (Å²) in [6, 6.07) is 1.60. The summed E-state index contributed by atoms with van der Waals surface area (Å²) in [5, 5.41) is 1.21. The van der Waals surface area contributed by atoms with Crippen LogP contribution in [-0.4, -0.2) is 15.0 Å². The van der Waals surface area contributed by atoms with Gasteiger partial charge in [0.1, 0.15) is 10.8 Å². The zero-order chi connectivity index (χ0) is 14.0. The van der Waals surface area contributed by atoms with Gasteiger partial charge in [0.05, 0.1) is 20.2 Å². The van der Waals surface area contributed by atoms with E-state index in [1.807, 2.05) is 0 Å². The second-order valence-electron chi connectivity index (χ2n) is 3.83. The smallest absolute Gasteiger partial charge is 0.181 e. The Morgan fingerprint density at radius 2 is 1.95 bits per heavy atom. The van der Waals surface area contributed by atoms with E-state index in [9.17, 15) is 0 Å². The van der Waals surface area contributed by atoms with Gasteiger partial charge in [-0.1, -0.05) is 48.1 Å². The maximum Gasteiger partial charge on any atom is 0.181 e. The summed E-state index contributed by atoms with van der Waals surface area (Å²) in [5.41, 5.74) is 1.31. The predicted molar refractivity (Wildman–Crippen MR) is 82.0 cm³/mol. The first kappa shape index (κ1) is 15.0. The Kier molecular flexibility index (Phi) is 5.01. The van der Waals surface area contributed by atoms with Gasteiger partial charge < -0.3 is 0 Å². The molecule has 3 nitrogen and oxygen atoms in total. The Bertz CT molecular complexity index is 619. The van der Waals surface area contributed by atoms with Gasteiger partial charge in [0.2, 0.25) is 0 Å². The average Bonchev–Trinajstić information content (AvgIpc) is 2.35. The highest BCUT2D eigenvalue weighted by atomic mass is 79.9. The highest BCUT2D eigenvalue weighted by molar-refractivity contribution is 9.10. The van der Waals surface area contributed by atoms with Crippen molar-refractivity contribution in [3.05, 3.63) is 37.6 Å². The molecule has 0 saturated heterocycles. The van der Waals surface area contributed by atoms with Crippen molar-refractivity contribution in [1.29, 1.82) is 0 Å². The fraction of sp³-hybridized carbons (Fsp3) is 0.250. The van der Waals surface area contributed by atoms with Gasteiger partial charge in [-0.15, -0.1) is 0 Å². The highest BCUT2D eigenvalue weighted by Gasteiger charge is 2.15. The lowest BCUT2D eigenvalue weighted by Gasteiger charge is -2.08. The molecular weight excluding hydrogens is 372 g/mol. The van der Waals surface area contributed by atoms with Crippen molar-refractivity contribution in [2.24, 2.45) is 0 Å². The molecule has 0 fully saturated rings. The molecule has 0 radical (unpaired) electrons. The van der Waals surface area contributed by atoms with E-state index in [-0.39, 0.29) is 0 Å². The summed E-state index contributed by atoms with van der Waals surface area (Å²) in [6.07, 6.45) is 3.25. The van der Waals surface area contributed by atoms with Crippen LogP contribution in [-0.2, 0) is 6.42 Å². The molecule has 0 N–H and O–H groups in total. The molecule has 0 aliphatic rings. The summed E-state index contributed by atoms with van der Waals surface area (Å²) < 4.78 is 0.713. The lowest BCUT2D eigenvalue weighted by atomic mass is 10.2. The Hall–Kier alpha value is -0.420. The van der Waals surface area contributed by atoms with Crippen molar-refractivity contribution in [2.75, 3.05) is 0 Å². The molecule has 0 aliphatic carbocycles. The summed E-state index contributed by atoms with van der Waals surface area (Å²) in [5.74, 6) is 0.401. The summed E-state index contributed by atoms with van der Waals surface area (Å²) in [4.78, 5) is 12.8. The van der Waals surface area contributed by atoms with Crippen molar-refractivity contribution in [1.82, 2.24) is 15.0 Å². The second kappa shape index (κ2) is 6.35. The number of pyridine rings is 1. The number of hydrogen-bond donors (Lipinski definition) is 0. The average molecular weight is 381 g/mol. The van der Waals surface area contributed by atoms with Gasteiger partial charge in [0.15, 0.2) is 5.82 Å². The minimum absolute atomic E-state index is 0.348. The van der Waals surface area contributed by atoms with E-state index in [1.54, 1.807) is 6.07 Å². The minimum atomic E-state index is 0.348. The standard InChI is InChI=1S/C12H9BrCl3N3/c1-2-3-8-9(13)11(16)19-12(18-8)10-7(15)4-6(14)5-17-10/h4-5H,2-3H2,1H3. The number of nitrogens with zero attached hydrogens (tertiary/aromatic N) is 3. The monoisotopic (exact) mass is 379 g/mol. The van der Waals surface area contributed by atoms with Crippen molar-refractivity contribution in [3.63, 3.8) is 0 Å². The third-order valence-electron chi connectivity index (χ3n) is 2.39. The molecule has 0 aliphatic heterocycles. The van der Waals surface area contributed by atoms with Crippen LogP contribution in [0.15, 0.2) is 16.7 Å². The number of aryl methyl sites for hydroxylation is 1. The first-order valence-corrected chi connectivity index (χ1v) is 7.49. The molecule has 19 heavy (non-hydrogen) atoms. The molecule has 0 saturated carbocycles. The van der Waals surface area contributed by atoms with Crippen LogP contribution < -0.4 is 0 Å². The van der Waals surface area contributed by atoms with Crippen LogP contribution in [0, 0.1) is 0 Å². The van der Waals surface area contributed by atoms with Crippen molar-refractivity contribution in [2.45, 2.75) is 19.8 Å². The van der Waals surface area contributed by atoms with E-state index < -0.39 is 0 Å². The van der Waals surface area contributed by atoms with Crippen LogP contribution in [0.3, 0.4) is 0 Å². The molecule has 0 aromatic carbocycles. The molecule has 100 valence electrons. The first-order chi connectivity index (χ1) is 9.02. The molecule has 7 heteroatoms. The Morgan fingerprint density at radius 1 is 1.21 bits per heavy atom. The van der Waals surface area contributed by atoms with Crippen LogP contribution in [0.25, 0.3) is 11.5 Å². The van der Waals surface area contributed by atoms with Gasteiger partial charge in [-0.3, -0.25) is 0 Å². The predicted octanol–water partition coefficient (Wildman–Crippen LogP) is 5.21. The molecule has 2 rings (SSSR count). The first-order valence-electron chi connectivity index (χ1n) is 5.56. The summed E-state index contributed by atoms with van der Waals surface area (Å²) >= 11 is 21.4. The van der Waals surface area contributed by atoms with Gasteiger partial charge in [-0.2, -0.15) is 0 Å². The van der Waals surface area contributed by atoms with Crippen molar-refractivity contribution in [3.8, 4) is 11.5 Å². The van der Waals surface area contributed by atoms with Gasteiger partial charge in [0, 0.05) is 6.20 Å². The molecule has 2 aromatic rings. The minimum Gasteiger partial charge on any atom is -0.250 e. The lowest BCUT2D eigenvalue weighted by molar-refractivity contribution is 0.866. The summed E-state index contributed by atoms with van der Waals surface area (Å²) in [6.45, 7) is 2.07. The largest absolute Gasteiger partial charge is 0.250 e. The topological polar surface area (TPSA) is 38.7 Å². The Balaban J connectivity index is 2.56. The number of hydrogen-bond acceptors (Lipinski definition) is 3. The molecule has 0 atom stereocenters. The van der Waals surface area contributed by atoms with Crippen LogP contribution in [0.1, 0.15) is 19.0 Å². The van der Waals surface area contributed by atoms with E-state index >= 15 is 0 Å². The normalized spacial score (nSPS) is 10.8. The fourth-order valence-electron chi connectivity index (χ4n) is 1.55. The van der Waals surface area contributed by atoms with E-state index in [2.05, 4.69) is 37.8 Å². The van der Waals surface area contributed by atoms with Crippen molar-refractivity contribution >= 4 is 50.7 Å². The molecule has 2 heterocycles. The van der Waals surface area contributed by atoms with Gasteiger partial charge in [-0.05, 0) is 28.4 Å². The zero-order valence-electron chi connectivity index (χ0n) is 9.92. The van der Waals surface area contributed by atoms with Gasteiger partial charge >= 0.3 is 0 Å². The highest BCUT2D eigenvalue weighted by Crippen LogP contribution is 2.30. The van der Waals surface area contributed by atoms with Crippen LogP contribution in [0.2, 0.25) is 15.2 Å². The molecule has 0 spiro atoms. The SMILES string of the molecule is CCCc1nc(-c2ncc(Cl)cc2Cl)nc(Cl)c1Br. The van der Waals surface area contributed by atoms with E-state index in [0.717, 1.165) is 18.5 Å². The second-order valence-corrected chi connectivity index (χ2v) is 5.83. The number of rotatable bonds is 3. The van der Waals surface area contributed by atoms with E-state index in [1.165, 1.54) is 6.20 Å². The van der Waals surface area contributed by atoms with Crippen LogP contribution in [0.4, 0.5) is 0 Å². The molecule has 2 aromatic heterocycles. The van der Waals surface area contributed by atoms with Crippen LogP contribution >= 0.6 is 50.7 Å². The van der Waals surface area contributed by atoms with Gasteiger partial charge in [0.25, 0.3) is 0 Å². The summed E-state index contributed by atoms with van der Waals surface area (Å²) in [7, 11) is 0. The van der Waals surface area contributed by atoms with E-state index in [4.69, 9.17) is 34.8 Å². The zero-order valence-corrected chi connectivity index (χ0v) is 13.8. The fourth-order valence-corrected chi connectivity index (χ4v) is 2.58. The maximum absolute atomic E-state index is 6.10. The Morgan fingerprint density at radius 3 is 2.58 bits per heavy atom. The molecule has 0 bridgehead atoms. The van der Waals surface area contributed by atoms with Crippen LogP contribution in [0.5, 0.6) is 0 Å². The molecule has 0 unspecified atom stereocenters. The molecule has 0 amide bonds. The Labute approximate surface area is 134 Å². The lowest BCUT2D eigenvalue weighted by Crippen LogP contribution is -2.00. The van der Waals surface area contributed by atoms with Gasteiger partial charge in [-0.25, -0.2) is 15.0 Å². The van der Waals surface area contributed by atoms with E-state index in [0.29, 0.717) is 31.2 Å². The quantitative estimate of drug-likeness (QED) is 0.685. The molecular formula is C12H9BrCl3N3. The van der Waals surface area contributed by atoms with Crippen molar-refractivity contribution < 1.29 is 0 Å². The third-order valence-corrected chi connectivity index (χ3v) is 4.22. The maximum atomic E-state index is 6.10. The number of aromatic nitrogens is 3. The third kappa shape index (κ3) is 3.37.